The van der Waals surface area contributed by atoms with Gasteiger partial charge >= 0.3 is 0 Å². The van der Waals surface area contributed by atoms with Crippen LogP contribution >= 0.6 is 0 Å². The lowest BCUT2D eigenvalue weighted by Gasteiger charge is -2.24. The Bertz CT molecular complexity index is 441. The summed E-state index contributed by atoms with van der Waals surface area (Å²) in [4.78, 5) is 2.33. The van der Waals surface area contributed by atoms with Crippen molar-refractivity contribution in [3.05, 3.63) is 29.6 Å². The van der Waals surface area contributed by atoms with Gasteiger partial charge in [-0.1, -0.05) is 25.3 Å². The first kappa shape index (κ1) is 13.9. The van der Waals surface area contributed by atoms with Crippen LogP contribution in [0.4, 0.5) is 10.1 Å². The molecule has 1 aliphatic carbocycles. The minimum atomic E-state index is -0.115. The number of nitrogens with one attached hydrogen (secondary N) is 1. The van der Waals surface area contributed by atoms with E-state index >= 15 is 0 Å². The summed E-state index contributed by atoms with van der Waals surface area (Å²) in [6.45, 7) is 3.17. The molecule has 1 N–H and O–H groups in total. The SMILES string of the molecule is Fc1ccc2c(c1)N(CCCNC1CCCCC1)CC2. The minimum Gasteiger partial charge on any atom is -0.371 e. The molecule has 0 bridgehead atoms. The number of halogens is 1. The van der Waals surface area contributed by atoms with Gasteiger partial charge in [0, 0.05) is 24.8 Å². The van der Waals surface area contributed by atoms with E-state index < -0.39 is 0 Å². The average Bonchev–Trinajstić information content (AvgIpc) is 2.87. The Hall–Kier alpha value is -1.09. The fraction of sp³-hybridized carbons (Fsp3) is 0.647. The number of benzene rings is 1. The highest BCUT2D eigenvalue weighted by Gasteiger charge is 2.19. The van der Waals surface area contributed by atoms with Crippen LogP contribution in [0.5, 0.6) is 0 Å². The van der Waals surface area contributed by atoms with Crippen molar-refractivity contribution in [3.63, 3.8) is 0 Å². The van der Waals surface area contributed by atoms with Gasteiger partial charge in [-0.05, 0) is 49.9 Å². The number of fused-ring (bicyclic) bond motifs is 1. The minimum absolute atomic E-state index is 0.115. The number of hydrogen-bond acceptors (Lipinski definition) is 2. The van der Waals surface area contributed by atoms with E-state index in [0.29, 0.717) is 0 Å². The van der Waals surface area contributed by atoms with E-state index in [4.69, 9.17) is 0 Å². The lowest BCUT2D eigenvalue weighted by Crippen LogP contribution is -2.33. The molecule has 1 fully saturated rings. The molecule has 0 aromatic heterocycles. The van der Waals surface area contributed by atoms with E-state index in [9.17, 15) is 4.39 Å². The predicted molar refractivity (Wildman–Crippen MR) is 81.8 cm³/mol. The Balaban J connectivity index is 1.42. The normalized spacial score (nSPS) is 19.4. The molecule has 2 aliphatic rings. The van der Waals surface area contributed by atoms with Crippen molar-refractivity contribution in [2.75, 3.05) is 24.5 Å². The molecule has 0 unspecified atom stereocenters. The number of hydrogen-bond donors (Lipinski definition) is 1. The molecule has 0 spiro atoms. The van der Waals surface area contributed by atoms with Crippen molar-refractivity contribution in [1.82, 2.24) is 5.32 Å². The molecule has 0 radical (unpaired) electrons. The lowest BCUT2D eigenvalue weighted by atomic mass is 9.95. The maximum Gasteiger partial charge on any atom is 0.125 e. The molecule has 1 aliphatic heterocycles. The van der Waals surface area contributed by atoms with E-state index in [1.54, 1.807) is 12.1 Å². The molecule has 0 saturated heterocycles. The average molecular weight is 276 g/mol. The van der Waals surface area contributed by atoms with Crippen LogP contribution in [0.25, 0.3) is 0 Å². The van der Waals surface area contributed by atoms with Crippen LogP contribution in [0.1, 0.15) is 44.1 Å². The molecule has 2 nitrogen and oxygen atoms in total. The molecule has 1 saturated carbocycles. The second-order valence-corrected chi connectivity index (χ2v) is 6.15. The molecule has 1 aromatic carbocycles. The zero-order valence-corrected chi connectivity index (χ0v) is 12.2. The van der Waals surface area contributed by atoms with Gasteiger partial charge in [0.05, 0.1) is 0 Å². The zero-order chi connectivity index (χ0) is 13.8. The van der Waals surface area contributed by atoms with Crippen molar-refractivity contribution in [2.24, 2.45) is 0 Å². The van der Waals surface area contributed by atoms with E-state index in [2.05, 4.69) is 10.2 Å². The van der Waals surface area contributed by atoms with Crippen molar-refractivity contribution in [3.8, 4) is 0 Å². The third-order valence-corrected chi connectivity index (χ3v) is 4.68. The van der Waals surface area contributed by atoms with Crippen molar-refractivity contribution >= 4 is 5.69 Å². The van der Waals surface area contributed by atoms with Crippen LogP contribution in [0, 0.1) is 5.82 Å². The summed E-state index contributed by atoms with van der Waals surface area (Å²) < 4.78 is 13.3. The molecule has 20 heavy (non-hydrogen) atoms. The highest BCUT2D eigenvalue weighted by molar-refractivity contribution is 5.58. The van der Waals surface area contributed by atoms with Crippen LogP contribution in [-0.4, -0.2) is 25.7 Å². The van der Waals surface area contributed by atoms with Crippen molar-refractivity contribution in [2.45, 2.75) is 51.0 Å². The monoisotopic (exact) mass is 276 g/mol. The Morgan fingerprint density at radius 1 is 1.20 bits per heavy atom. The standard InChI is InChI=1S/C17H25FN2/c18-15-8-7-14-9-12-20(17(14)13-15)11-4-10-19-16-5-2-1-3-6-16/h7-8,13,16,19H,1-6,9-12H2. The maximum absolute atomic E-state index is 13.3. The van der Waals surface area contributed by atoms with Crippen LogP contribution in [-0.2, 0) is 6.42 Å². The number of nitrogens with zero attached hydrogens (tertiary/aromatic N) is 1. The van der Waals surface area contributed by atoms with Crippen LogP contribution in [0.3, 0.4) is 0 Å². The van der Waals surface area contributed by atoms with Gasteiger partial charge in [0.2, 0.25) is 0 Å². The van der Waals surface area contributed by atoms with Crippen molar-refractivity contribution < 1.29 is 4.39 Å². The van der Waals surface area contributed by atoms with E-state index in [0.717, 1.165) is 44.2 Å². The Kier molecular flexibility index (Phi) is 4.56. The largest absolute Gasteiger partial charge is 0.371 e. The van der Waals surface area contributed by atoms with Gasteiger partial charge in [0.25, 0.3) is 0 Å². The first-order valence-corrected chi connectivity index (χ1v) is 8.10. The van der Waals surface area contributed by atoms with Gasteiger partial charge in [0.15, 0.2) is 0 Å². The summed E-state index contributed by atoms with van der Waals surface area (Å²) in [5.74, 6) is -0.115. The van der Waals surface area contributed by atoms with Crippen LogP contribution in [0.2, 0.25) is 0 Å². The second kappa shape index (κ2) is 6.57. The molecular formula is C17H25FN2. The molecule has 1 heterocycles. The summed E-state index contributed by atoms with van der Waals surface area (Å²) in [6.07, 6.45) is 9.08. The summed E-state index contributed by atoms with van der Waals surface area (Å²) in [7, 11) is 0. The molecule has 110 valence electrons. The third-order valence-electron chi connectivity index (χ3n) is 4.68. The van der Waals surface area contributed by atoms with Gasteiger partial charge < -0.3 is 10.2 Å². The Morgan fingerprint density at radius 3 is 2.90 bits per heavy atom. The predicted octanol–water partition coefficient (Wildman–Crippen LogP) is 3.50. The third kappa shape index (κ3) is 3.32. The molecule has 0 amide bonds. The molecular weight excluding hydrogens is 251 g/mol. The first-order valence-electron chi connectivity index (χ1n) is 8.10. The van der Waals surface area contributed by atoms with Crippen LogP contribution in [0.15, 0.2) is 18.2 Å². The van der Waals surface area contributed by atoms with Gasteiger partial charge in [-0.3, -0.25) is 0 Å². The molecule has 3 heteroatoms. The van der Waals surface area contributed by atoms with Crippen molar-refractivity contribution in [1.29, 1.82) is 0 Å². The summed E-state index contributed by atoms with van der Waals surface area (Å²) >= 11 is 0. The van der Waals surface area contributed by atoms with E-state index in [-0.39, 0.29) is 5.82 Å². The Morgan fingerprint density at radius 2 is 2.05 bits per heavy atom. The van der Waals surface area contributed by atoms with Crippen LogP contribution < -0.4 is 10.2 Å². The van der Waals surface area contributed by atoms with Gasteiger partial charge in [-0.15, -0.1) is 0 Å². The summed E-state index contributed by atoms with van der Waals surface area (Å²) in [5.41, 5.74) is 2.41. The number of rotatable bonds is 5. The van der Waals surface area contributed by atoms with E-state index in [1.165, 1.54) is 37.7 Å². The molecule has 0 atom stereocenters. The first-order chi connectivity index (χ1) is 9.83. The fourth-order valence-electron chi connectivity index (χ4n) is 3.53. The highest BCUT2D eigenvalue weighted by atomic mass is 19.1. The summed E-state index contributed by atoms with van der Waals surface area (Å²) in [6, 6.07) is 5.95. The van der Waals surface area contributed by atoms with Gasteiger partial charge in [-0.25, -0.2) is 4.39 Å². The summed E-state index contributed by atoms with van der Waals surface area (Å²) in [5, 5.41) is 3.68. The molecule has 1 aromatic rings. The van der Waals surface area contributed by atoms with Gasteiger partial charge in [0.1, 0.15) is 5.82 Å². The maximum atomic E-state index is 13.3. The quantitative estimate of drug-likeness (QED) is 0.828. The fourth-order valence-corrected chi connectivity index (χ4v) is 3.53. The Labute approximate surface area is 121 Å². The highest BCUT2D eigenvalue weighted by Crippen LogP contribution is 2.28. The van der Waals surface area contributed by atoms with Gasteiger partial charge in [-0.2, -0.15) is 0 Å². The number of anilines is 1. The zero-order valence-electron chi connectivity index (χ0n) is 12.2. The topological polar surface area (TPSA) is 15.3 Å². The smallest absolute Gasteiger partial charge is 0.125 e. The lowest BCUT2D eigenvalue weighted by molar-refractivity contribution is 0.372. The molecule has 3 rings (SSSR count). The second-order valence-electron chi connectivity index (χ2n) is 6.15. The van der Waals surface area contributed by atoms with E-state index in [1.807, 2.05) is 6.07 Å².